The molecule has 0 aliphatic heterocycles. The lowest BCUT2D eigenvalue weighted by Crippen LogP contribution is -2.03. The van der Waals surface area contributed by atoms with Gasteiger partial charge in [0, 0.05) is 17.6 Å². The molecule has 0 aliphatic carbocycles. The normalized spacial score (nSPS) is 10.1. The van der Waals surface area contributed by atoms with Crippen molar-refractivity contribution in [1.82, 2.24) is 4.98 Å². The van der Waals surface area contributed by atoms with Crippen molar-refractivity contribution < 1.29 is 0 Å². The van der Waals surface area contributed by atoms with E-state index in [2.05, 4.69) is 17.2 Å². The van der Waals surface area contributed by atoms with E-state index >= 15 is 0 Å². The number of nitrogens with zero attached hydrogens (tertiary/aromatic N) is 1. The Morgan fingerprint density at radius 1 is 1.25 bits per heavy atom. The smallest absolute Gasteiger partial charge is 0.0594 e. The number of nitrogens with one attached hydrogen (secondary N) is 1. The van der Waals surface area contributed by atoms with E-state index in [4.69, 9.17) is 5.73 Å². The summed E-state index contributed by atoms with van der Waals surface area (Å²) in [5, 5.41) is 3.33. The molecule has 0 saturated carbocycles. The van der Waals surface area contributed by atoms with Crippen LogP contribution in [-0.4, -0.2) is 4.98 Å². The molecule has 0 atom stereocenters. The zero-order chi connectivity index (χ0) is 11.4. The van der Waals surface area contributed by atoms with E-state index in [0.717, 1.165) is 17.1 Å². The van der Waals surface area contributed by atoms with Crippen molar-refractivity contribution in [3.05, 3.63) is 53.9 Å². The van der Waals surface area contributed by atoms with Crippen LogP contribution in [-0.2, 0) is 6.54 Å². The first kappa shape index (κ1) is 10.5. The lowest BCUT2D eigenvalue weighted by atomic mass is 10.2. The lowest BCUT2D eigenvalue weighted by molar-refractivity contribution is 1.04. The Labute approximate surface area is 95.3 Å². The second-order valence-corrected chi connectivity index (χ2v) is 3.75. The van der Waals surface area contributed by atoms with Crippen LogP contribution in [0.5, 0.6) is 0 Å². The van der Waals surface area contributed by atoms with Crippen LogP contribution in [0.4, 0.5) is 11.4 Å². The van der Waals surface area contributed by atoms with Crippen LogP contribution < -0.4 is 11.1 Å². The summed E-state index contributed by atoms with van der Waals surface area (Å²) in [5.41, 5.74) is 9.78. The van der Waals surface area contributed by atoms with Gasteiger partial charge in [0.15, 0.2) is 0 Å². The molecule has 0 aliphatic rings. The Kier molecular flexibility index (Phi) is 3.05. The van der Waals surface area contributed by atoms with E-state index in [-0.39, 0.29) is 0 Å². The van der Waals surface area contributed by atoms with E-state index in [1.807, 2.05) is 36.4 Å². The van der Waals surface area contributed by atoms with Gasteiger partial charge in [0.1, 0.15) is 0 Å². The second-order valence-electron chi connectivity index (χ2n) is 3.75. The first-order valence-electron chi connectivity index (χ1n) is 5.25. The molecule has 1 aromatic heterocycles. The van der Waals surface area contributed by atoms with Crippen LogP contribution in [0, 0.1) is 6.92 Å². The molecule has 0 fully saturated rings. The van der Waals surface area contributed by atoms with Gasteiger partial charge in [-0.05, 0) is 36.8 Å². The highest BCUT2D eigenvalue weighted by Gasteiger charge is 1.99. The van der Waals surface area contributed by atoms with Gasteiger partial charge in [-0.25, -0.2) is 0 Å². The monoisotopic (exact) mass is 213 g/mol. The number of hydrogen-bond donors (Lipinski definition) is 2. The number of aryl methyl sites for hydroxylation is 1. The molecule has 2 aromatic rings. The summed E-state index contributed by atoms with van der Waals surface area (Å²) in [6, 6.07) is 11.7. The van der Waals surface area contributed by atoms with Gasteiger partial charge < -0.3 is 11.1 Å². The molecule has 16 heavy (non-hydrogen) atoms. The molecule has 3 nitrogen and oxygen atoms in total. The summed E-state index contributed by atoms with van der Waals surface area (Å²) in [6.07, 6.45) is 1.79. The molecule has 0 bridgehead atoms. The third-order valence-electron chi connectivity index (χ3n) is 2.45. The topological polar surface area (TPSA) is 50.9 Å². The van der Waals surface area contributed by atoms with Crippen molar-refractivity contribution >= 4 is 11.4 Å². The molecule has 0 amide bonds. The minimum Gasteiger partial charge on any atom is -0.399 e. The maximum Gasteiger partial charge on any atom is 0.0594 e. The number of aromatic nitrogens is 1. The van der Waals surface area contributed by atoms with Gasteiger partial charge in [-0.2, -0.15) is 0 Å². The molecule has 0 spiro atoms. The Morgan fingerprint density at radius 3 is 2.88 bits per heavy atom. The molecular weight excluding hydrogens is 198 g/mol. The Bertz CT molecular complexity index is 466. The number of rotatable bonds is 3. The Morgan fingerprint density at radius 2 is 2.12 bits per heavy atom. The van der Waals surface area contributed by atoms with E-state index in [1.54, 1.807) is 6.20 Å². The van der Waals surface area contributed by atoms with Crippen molar-refractivity contribution in [1.29, 1.82) is 0 Å². The lowest BCUT2D eigenvalue weighted by Gasteiger charge is -2.09. The highest BCUT2D eigenvalue weighted by Crippen LogP contribution is 2.18. The van der Waals surface area contributed by atoms with Crippen molar-refractivity contribution in [2.75, 3.05) is 11.1 Å². The standard InChI is InChI=1S/C13H15N3/c1-10-5-6-11(14)8-13(10)16-9-12-4-2-3-7-15-12/h2-8,16H,9,14H2,1H3. The predicted octanol–water partition coefficient (Wildman–Crippen LogP) is 2.58. The van der Waals surface area contributed by atoms with Crippen molar-refractivity contribution in [3.63, 3.8) is 0 Å². The van der Waals surface area contributed by atoms with E-state index < -0.39 is 0 Å². The summed E-state index contributed by atoms with van der Waals surface area (Å²) >= 11 is 0. The van der Waals surface area contributed by atoms with Crippen LogP contribution in [0.1, 0.15) is 11.3 Å². The zero-order valence-corrected chi connectivity index (χ0v) is 9.27. The maximum absolute atomic E-state index is 5.74. The van der Waals surface area contributed by atoms with Crippen LogP contribution in [0.2, 0.25) is 0 Å². The summed E-state index contributed by atoms with van der Waals surface area (Å²) < 4.78 is 0. The number of anilines is 2. The fourth-order valence-corrected chi connectivity index (χ4v) is 1.52. The van der Waals surface area contributed by atoms with Gasteiger partial charge in [0.25, 0.3) is 0 Å². The number of benzene rings is 1. The van der Waals surface area contributed by atoms with Gasteiger partial charge in [-0.15, -0.1) is 0 Å². The van der Waals surface area contributed by atoms with Gasteiger partial charge in [-0.1, -0.05) is 12.1 Å². The van der Waals surface area contributed by atoms with Crippen molar-refractivity contribution in [2.45, 2.75) is 13.5 Å². The van der Waals surface area contributed by atoms with Crippen LogP contribution in [0.25, 0.3) is 0 Å². The molecule has 0 radical (unpaired) electrons. The molecule has 3 N–H and O–H groups in total. The summed E-state index contributed by atoms with van der Waals surface area (Å²) in [7, 11) is 0. The van der Waals surface area contributed by atoms with Gasteiger partial charge >= 0.3 is 0 Å². The minimum atomic E-state index is 0.713. The highest BCUT2D eigenvalue weighted by atomic mass is 14.9. The Hall–Kier alpha value is -2.03. The van der Waals surface area contributed by atoms with Gasteiger partial charge in [0.2, 0.25) is 0 Å². The molecule has 2 rings (SSSR count). The second kappa shape index (κ2) is 4.66. The molecule has 0 saturated heterocycles. The quantitative estimate of drug-likeness (QED) is 0.770. The summed E-state index contributed by atoms with van der Waals surface area (Å²) in [4.78, 5) is 4.25. The van der Waals surface area contributed by atoms with Crippen LogP contribution >= 0.6 is 0 Å². The van der Waals surface area contributed by atoms with Crippen molar-refractivity contribution in [3.8, 4) is 0 Å². The number of nitrogens with two attached hydrogens (primary N) is 1. The van der Waals surface area contributed by atoms with E-state index in [0.29, 0.717) is 6.54 Å². The highest BCUT2D eigenvalue weighted by molar-refractivity contribution is 5.59. The van der Waals surface area contributed by atoms with Crippen LogP contribution in [0.3, 0.4) is 0 Å². The van der Waals surface area contributed by atoms with Gasteiger partial charge in [-0.3, -0.25) is 4.98 Å². The first-order chi connectivity index (χ1) is 7.75. The van der Waals surface area contributed by atoms with Gasteiger partial charge in [0.05, 0.1) is 12.2 Å². The molecule has 0 unspecified atom stereocenters. The molecular formula is C13H15N3. The SMILES string of the molecule is Cc1ccc(N)cc1NCc1ccccn1. The number of pyridine rings is 1. The van der Waals surface area contributed by atoms with Crippen molar-refractivity contribution in [2.24, 2.45) is 0 Å². The Balaban J connectivity index is 2.08. The minimum absolute atomic E-state index is 0.713. The average molecular weight is 213 g/mol. The fourth-order valence-electron chi connectivity index (χ4n) is 1.52. The van der Waals surface area contributed by atoms with Crippen LogP contribution in [0.15, 0.2) is 42.6 Å². The third kappa shape index (κ3) is 2.51. The molecule has 3 heteroatoms. The summed E-state index contributed by atoms with van der Waals surface area (Å²) in [6.45, 7) is 2.77. The molecule has 1 heterocycles. The summed E-state index contributed by atoms with van der Waals surface area (Å²) in [5.74, 6) is 0. The fraction of sp³-hybridized carbons (Fsp3) is 0.154. The van der Waals surface area contributed by atoms with E-state index in [9.17, 15) is 0 Å². The number of hydrogen-bond acceptors (Lipinski definition) is 3. The molecule has 82 valence electrons. The average Bonchev–Trinajstić information content (AvgIpc) is 2.32. The maximum atomic E-state index is 5.74. The largest absolute Gasteiger partial charge is 0.399 e. The molecule has 1 aromatic carbocycles. The third-order valence-corrected chi connectivity index (χ3v) is 2.45. The predicted molar refractivity (Wildman–Crippen MR) is 67.2 cm³/mol. The van der Waals surface area contributed by atoms with E-state index in [1.165, 1.54) is 5.56 Å². The number of nitrogen functional groups attached to an aromatic ring is 1. The first-order valence-corrected chi connectivity index (χ1v) is 5.25. The zero-order valence-electron chi connectivity index (χ0n) is 9.27.